The topological polar surface area (TPSA) is 102 Å². The maximum atomic E-state index is 12.5. The van der Waals surface area contributed by atoms with Crippen LogP contribution in [0.25, 0.3) is 0 Å². The van der Waals surface area contributed by atoms with Crippen molar-refractivity contribution in [3.63, 3.8) is 0 Å². The number of aliphatic hydroxyl groups excluding tert-OH is 1. The summed E-state index contributed by atoms with van der Waals surface area (Å²) in [5, 5.41) is 11.9. The number of carbonyl (C=O) groups excluding carboxylic acids is 3. The fourth-order valence-electron chi connectivity index (χ4n) is 11.0. The van der Waals surface area contributed by atoms with Gasteiger partial charge >= 0.3 is 11.9 Å². The van der Waals surface area contributed by atoms with Gasteiger partial charge < -0.3 is 19.3 Å². The highest BCUT2D eigenvalue weighted by atomic mass is 16.7. The lowest BCUT2D eigenvalue weighted by atomic mass is 9.44. The first-order chi connectivity index (χ1) is 18.4. The Morgan fingerprint density at radius 2 is 1.70 bits per heavy atom. The molecule has 5 fully saturated rings. The zero-order valence-corrected chi connectivity index (χ0v) is 26.2. The van der Waals surface area contributed by atoms with Crippen LogP contribution in [0, 0.1) is 46.3 Å². The molecule has 12 atom stereocenters. The van der Waals surface area contributed by atoms with E-state index in [1.165, 1.54) is 13.8 Å². The van der Waals surface area contributed by atoms with Crippen LogP contribution in [0.4, 0.5) is 0 Å². The van der Waals surface area contributed by atoms with Crippen molar-refractivity contribution in [2.75, 3.05) is 0 Å². The fourth-order valence-corrected chi connectivity index (χ4v) is 11.0. The summed E-state index contributed by atoms with van der Waals surface area (Å²) in [6.45, 7) is 17.5. The molecule has 7 nitrogen and oxygen atoms in total. The van der Waals surface area contributed by atoms with E-state index in [1.54, 1.807) is 0 Å². The molecule has 40 heavy (non-hydrogen) atoms. The largest absolute Gasteiger partial charge is 0.460 e. The van der Waals surface area contributed by atoms with Crippen molar-refractivity contribution >= 4 is 17.7 Å². The highest BCUT2D eigenvalue weighted by molar-refractivity contribution is 5.79. The van der Waals surface area contributed by atoms with E-state index in [-0.39, 0.29) is 34.6 Å². The summed E-state index contributed by atoms with van der Waals surface area (Å²) in [6.07, 6.45) is 6.11. The van der Waals surface area contributed by atoms with Crippen molar-refractivity contribution in [3.8, 4) is 0 Å². The van der Waals surface area contributed by atoms with Gasteiger partial charge in [0.25, 0.3) is 0 Å². The maximum absolute atomic E-state index is 12.5. The third kappa shape index (κ3) is 4.06. The zero-order valence-electron chi connectivity index (χ0n) is 26.2. The van der Waals surface area contributed by atoms with Gasteiger partial charge in [-0.25, -0.2) is 0 Å². The van der Waals surface area contributed by atoms with Gasteiger partial charge in [0.05, 0.1) is 6.10 Å². The van der Waals surface area contributed by atoms with E-state index in [4.69, 9.17) is 14.2 Å². The Morgan fingerprint density at radius 1 is 1.02 bits per heavy atom. The van der Waals surface area contributed by atoms with Crippen LogP contribution in [0.5, 0.6) is 0 Å². The van der Waals surface area contributed by atoms with Crippen LogP contribution in [-0.4, -0.2) is 51.8 Å². The molecule has 0 aromatic heterocycles. The number of epoxide rings is 1. The molecule has 0 aromatic carbocycles. The summed E-state index contributed by atoms with van der Waals surface area (Å²) in [5.41, 5.74) is -2.47. The second kappa shape index (κ2) is 9.52. The number of hydrogen-bond donors (Lipinski definition) is 1. The standard InChI is InChI=1S/C33H52O7/c1-18(19(2)29(5,6)39-21(4)35)28(38-20(3)34)32(9)33(40-32)27(37)17-26-24-11-10-22-16-23(36)12-14-30(22,7)25(24)13-15-31(26,33)8/h18-19,22,24-28,37H,10-17H2,1-9H3/t18-,19-,22-,24?,25?,26?,27-,28+,30-,31-,32-,33-/m0/s1. The van der Waals surface area contributed by atoms with Gasteiger partial charge in [-0.15, -0.1) is 0 Å². The SMILES string of the molecule is CC(=O)O[C@H]([C@@H](C)[C@H](C)C(C)(C)OC(C)=O)[C@]1(C)O[C@]12[C@@H](O)CC1C3CC[C@H]4CC(=O)CC[C@]4(C)C3CC[C@@]12C. The number of aliphatic hydroxyl groups is 1. The monoisotopic (exact) mass is 560 g/mol. The summed E-state index contributed by atoms with van der Waals surface area (Å²) >= 11 is 0. The minimum Gasteiger partial charge on any atom is -0.460 e. The minimum absolute atomic E-state index is 0.138. The minimum atomic E-state index is -0.854. The molecule has 1 spiro atoms. The number of rotatable bonds is 6. The molecule has 7 heteroatoms. The molecule has 0 radical (unpaired) electrons. The van der Waals surface area contributed by atoms with Crippen molar-refractivity contribution in [2.24, 2.45) is 46.3 Å². The molecule has 1 saturated heterocycles. The van der Waals surface area contributed by atoms with Crippen LogP contribution in [0.3, 0.4) is 0 Å². The Hall–Kier alpha value is -1.47. The Bertz CT molecular complexity index is 1070. The van der Waals surface area contributed by atoms with Crippen LogP contribution < -0.4 is 0 Å². The first-order valence-corrected chi connectivity index (χ1v) is 15.7. The fraction of sp³-hybridized carbons (Fsp3) is 0.909. The maximum Gasteiger partial charge on any atom is 0.303 e. The van der Waals surface area contributed by atoms with E-state index >= 15 is 0 Å². The first-order valence-electron chi connectivity index (χ1n) is 15.7. The lowest BCUT2D eigenvalue weighted by Gasteiger charge is -2.60. The second-order valence-corrected chi connectivity index (χ2v) is 15.4. The van der Waals surface area contributed by atoms with E-state index in [9.17, 15) is 19.5 Å². The molecule has 0 bridgehead atoms. The molecule has 1 heterocycles. The molecule has 5 rings (SSSR count). The highest BCUT2D eigenvalue weighted by Crippen LogP contribution is 2.76. The number of carbonyl (C=O) groups is 3. The van der Waals surface area contributed by atoms with Crippen LogP contribution in [0.1, 0.15) is 114 Å². The molecule has 0 amide bonds. The molecular weight excluding hydrogens is 508 g/mol. The van der Waals surface area contributed by atoms with Gasteiger partial charge in [-0.05, 0) is 88.4 Å². The van der Waals surface area contributed by atoms with Gasteiger partial charge in [0, 0.05) is 43.9 Å². The number of ketones is 1. The van der Waals surface area contributed by atoms with Gasteiger partial charge in [-0.3, -0.25) is 14.4 Å². The van der Waals surface area contributed by atoms with Crippen molar-refractivity contribution in [2.45, 2.75) is 143 Å². The Balaban J connectivity index is 1.45. The number of hydrogen-bond acceptors (Lipinski definition) is 7. The van der Waals surface area contributed by atoms with Gasteiger partial charge in [0.2, 0.25) is 0 Å². The molecule has 3 unspecified atom stereocenters. The Kier molecular flexibility index (Phi) is 7.14. The molecule has 1 N–H and O–H groups in total. The third-order valence-electron chi connectivity index (χ3n) is 13.3. The summed E-state index contributed by atoms with van der Waals surface area (Å²) in [6, 6.07) is 0. The van der Waals surface area contributed by atoms with E-state index in [0.29, 0.717) is 42.3 Å². The van der Waals surface area contributed by atoms with Gasteiger partial charge in [0.15, 0.2) is 0 Å². The third-order valence-corrected chi connectivity index (χ3v) is 13.3. The van der Waals surface area contributed by atoms with Crippen LogP contribution in [-0.2, 0) is 28.6 Å². The Morgan fingerprint density at radius 3 is 2.33 bits per heavy atom. The molecule has 1 aliphatic heterocycles. The van der Waals surface area contributed by atoms with Crippen molar-refractivity contribution in [1.82, 2.24) is 0 Å². The van der Waals surface area contributed by atoms with Gasteiger partial charge in [-0.1, -0.05) is 27.7 Å². The second-order valence-electron chi connectivity index (χ2n) is 15.4. The summed E-state index contributed by atoms with van der Waals surface area (Å²) in [7, 11) is 0. The average molecular weight is 561 g/mol. The van der Waals surface area contributed by atoms with Crippen LogP contribution in [0.2, 0.25) is 0 Å². The van der Waals surface area contributed by atoms with E-state index in [1.807, 2.05) is 34.6 Å². The number of ether oxygens (including phenoxy) is 3. The summed E-state index contributed by atoms with van der Waals surface area (Å²) < 4.78 is 18.6. The normalized spacial score (nSPS) is 46.5. The number of Topliss-reactive ketones (excluding diaryl/α,β-unsaturated/α-hetero) is 1. The van der Waals surface area contributed by atoms with Gasteiger partial charge in [-0.2, -0.15) is 0 Å². The smallest absolute Gasteiger partial charge is 0.303 e. The lowest BCUT2D eigenvalue weighted by molar-refractivity contribution is -0.169. The van der Waals surface area contributed by atoms with Crippen LogP contribution in [0.15, 0.2) is 0 Å². The molecule has 0 aromatic rings. The van der Waals surface area contributed by atoms with Crippen LogP contribution >= 0.6 is 0 Å². The summed E-state index contributed by atoms with van der Waals surface area (Å²) in [5.74, 6) is 1.25. The Labute approximate surface area is 240 Å². The molecular formula is C33H52O7. The number of esters is 2. The van der Waals surface area contributed by atoms with Crippen molar-refractivity contribution in [1.29, 1.82) is 0 Å². The lowest BCUT2D eigenvalue weighted by Crippen LogP contribution is -2.58. The highest BCUT2D eigenvalue weighted by Gasteiger charge is 2.86. The van der Waals surface area contributed by atoms with Gasteiger partial charge in [0.1, 0.15) is 28.7 Å². The average Bonchev–Trinajstić information content (AvgIpc) is 3.44. The molecule has 5 aliphatic rings. The predicted octanol–water partition coefficient (Wildman–Crippen LogP) is 5.64. The zero-order chi connectivity index (χ0) is 29.6. The molecule has 226 valence electrons. The van der Waals surface area contributed by atoms with E-state index in [2.05, 4.69) is 13.8 Å². The first kappa shape index (κ1) is 30.0. The van der Waals surface area contributed by atoms with Crippen molar-refractivity contribution in [3.05, 3.63) is 0 Å². The van der Waals surface area contributed by atoms with Crippen molar-refractivity contribution < 1.29 is 33.7 Å². The summed E-state index contributed by atoms with van der Waals surface area (Å²) in [4.78, 5) is 36.6. The van der Waals surface area contributed by atoms with E-state index in [0.717, 1.165) is 38.5 Å². The molecule has 4 aliphatic carbocycles. The number of fused-ring (bicyclic) bond motifs is 6. The molecule has 4 saturated carbocycles. The predicted molar refractivity (Wildman–Crippen MR) is 150 cm³/mol. The quantitative estimate of drug-likeness (QED) is 0.331. The van der Waals surface area contributed by atoms with E-state index < -0.39 is 29.0 Å².